The number of nitrogens with zero attached hydrogens (tertiary/aromatic N) is 2. The minimum atomic E-state index is -3.23. The van der Waals surface area contributed by atoms with E-state index in [-0.39, 0.29) is 0 Å². The van der Waals surface area contributed by atoms with E-state index < -0.39 is 16.1 Å². The van der Waals surface area contributed by atoms with Gasteiger partial charge in [0.05, 0.1) is 11.4 Å². The van der Waals surface area contributed by atoms with Crippen molar-refractivity contribution in [2.24, 2.45) is 0 Å². The van der Waals surface area contributed by atoms with Crippen LogP contribution in [-0.4, -0.2) is 26.1 Å². The maximum atomic E-state index is 5.59. The van der Waals surface area contributed by atoms with Gasteiger partial charge in [-0.3, -0.25) is 0 Å². The highest BCUT2D eigenvalue weighted by molar-refractivity contribution is 7.22. The minimum Gasteiger partial charge on any atom is -0.228 e. The van der Waals surface area contributed by atoms with E-state index in [1.165, 1.54) is 63.7 Å². The van der Waals surface area contributed by atoms with Gasteiger partial charge in [0.1, 0.15) is 0 Å². The van der Waals surface area contributed by atoms with Crippen molar-refractivity contribution >= 4 is 57.6 Å². The van der Waals surface area contributed by atoms with E-state index in [1.54, 1.807) is 0 Å². The molecule has 0 saturated carbocycles. The van der Waals surface area contributed by atoms with Gasteiger partial charge in [-0.2, -0.15) is 0 Å². The van der Waals surface area contributed by atoms with Crippen molar-refractivity contribution in [3.05, 3.63) is 315 Å². The van der Waals surface area contributed by atoms with Crippen LogP contribution in [0.4, 0.5) is 0 Å². The number of aromatic nitrogens is 2. The predicted octanol–water partition coefficient (Wildman–Crippen LogP) is 11.6. The Balaban J connectivity index is 1.23. The first-order valence-corrected chi connectivity index (χ1v) is 29.4. The fraction of sp³-hybridized carbons (Fsp3) is 0. The second-order valence-corrected chi connectivity index (χ2v) is 26.5. The minimum absolute atomic E-state index is 0.686. The van der Waals surface area contributed by atoms with Crippen LogP contribution in [0.15, 0.2) is 315 Å². The number of hydrogen-bond acceptors (Lipinski definition) is 2. The summed E-state index contributed by atoms with van der Waals surface area (Å²) in [7, 11) is -6.46. The Morgan fingerprint density at radius 1 is 0.176 bits per heavy atom. The standard InChI is InChI=1S/C70H52N2Si2/c1-9-25-53(26-10-1)55-41-45-64(46-42-55)73(60-33-17-5-18-34-60,61-35-19-6-20-36-61)66-49-59(69-52-68(57-29-13-3-14-30-57)71-70(72-69)58-31-15-4-16-32-58)50-67(51-66)74(62-37-21-7-22-38-62,63-39-23-8-24-40-63)65-47-43-56(44-48-65)54-27-11-2-12-28-54/h1-52H. The van der Waals surface area contributed by atoms with Gasteiger partial charge in [0.15, 0.2) is 22.0 Å². The lowest BCUT2D eigenvalue weighted by atomic mass is 10.1. The molecule has 350 valence electrons. The monoisotopic (exact) mass is 976 g/mol. The van der Waals surface area contributed by atoms with Gasteiger partial charge in [0, 0.05) is 16.7 Å². The van der Waals surface area contributed by atoms with Gasteiger partial charge in [-0.25, -0.2) is 9.97 Å². The number of benzene rings is 11. The summed E-state index contributed by atoms with van der Waals surface area (Å²) >= 11 is 0. The van der Waals surface area contributed by atoms with Gasteiger partial charge in [-0.15, -0.1) is 0 Å². The molecule has 1 aromatic heterocycles. The molecule has 0 aliphatic heterocycles. The van der Waals surface area contributed by atoms with Crippen molar-refractivity contribution in [3.8, 4) is 56.2 Å². The maximum absolute atomic E-state index is 5.59. The molecule has 12 aromatic rings. The molecule has 0 saturated heterocycles. The van der Waals surface area contributed by atoms with E-state index >= 15 is 0 Å². The molecule has 0 radical (unpaired) electrons. The molecule has 0 aliphatic carbocycles. The van der Waals surface area contributed by atoms with Crippen LogP contribution in [-0.2, 0) is 0 Å². The van der Waals surface area contributed by atoms with Crippen LogP contribution in [0.5, 0.6) is 0 Å². The lowest BCUT2D eigenvalue weighted by Gasteiger charge is -2.38. The third kappa shape index (κ3) is 8.66. The van der Waals surface area contributed by atoms with E-state index in [9.17, 15) is 0 Å². The van der Waals surface area contributed by atoms with Crippen LogP contribution >= 0.6 is 0 Å². The lowest BCUT2D eigenvalue weighted by Crippen LogP contribution is -2.78. The Labute approximate surface area is 436 Å². The predicted molar refractivity (Wildman–Crippen MR) is 316 cm³/mol. The smallest absolute Gasteiger partial charge is 0.179 e. The van der Waals surface area contributed by atoms with Crippen LogP contribution in [0.1, 0.15) is 0 Å². The third-order valence-electron chi connectivity index (χ3n) is 14.6. The van der Waals surface area contributed by atoms with E-state index in [4.69, 9.17) is 9.97 Å². The van der Waals surface area contributed by atoms with Crippen molar-refractivity contribution in [1.29, 1.82) is 0 Å². The Bertz CT molecular complexity index is 3440. The first kappa shape index (κ1) is 46.0. The molecule has 4 heteroatoms. The molecule has 0 unspecified atom stereocenters. The van der Waals surface area contributed by atoms with Gasteiger partial charge in [-0.1, -0.05) is 309 Å². The van der Waals surface area contributed by atoms with Crippen molar-refractivity contribution in [3.63, 3.8) is 0 Å². The summed E-state index contributed by atoms with van der Waals surface area (Å²) in [5.41, 5.74) is 9.56. The molecule has 11 aromatic carbocycles. The molecule has 1 heterocycles. The third-order valence-corrected chi connectivity index (χ3v) is 24.1. The average Bonchev–Trinajstić information content (AvgIpc) is 3.50. The number of rotatable bonds is 13. The quantitative estimate of drug-likeness (QED) is 0.0850. The fourth-order valence-corrected chi connectivity index (χ4v) is 20.9. The topological polar surface area (TPSA) is 25.8 Å². The molecule has 0 N–H and O–H groups in total. The zero-order valence-electron chi connectivity index (χ0n) is 40.9. The summed E-state index contributed by atoms with van der Waals surface area (Å²) in [6, 6.07) is 116. The summed E-state index contributed by atoms with van der Waals surface area (Å²) in [6.45, 7) is 0. The summed E-state index contributed by atoms with van der Waals surface area (Å²) in [6.07, 6.45) is 0. The van der Waals surface area contributed by atoms with Gasteiger partial charge in [0.25, 0.3) is 0 Å². The SMILES string of the molecule is c1ccc(-c2ccc([Si](c3ccccc3)(c3ccccc3)c3cc(-c4cc(-c5ccccc5)nc(-c5ccccc5)n4)cc([Si](c4ccccc4)(c4ccccc4)c4ccc(-c5ccccc5)cc4)c3)cc2)cc1. The van der Waals surface area contributed by atoms with Crippen LogP contribution < -0.4 is 41.5 Å². The van der Waals surface area contributed by atoms with E-state index in [0.29, 0.717) is 5.82 Å². The highest BCUT2D eigenvalue weighted by Crippen LogP contribution is 2.29. The second kappa shape index (κ2) is 20.6. The van der Waals surface area contributed by atoms with Crippen molar-refractivity contribution in [1.82, 2.24) is 9.97 Å². The molecule has 2 nitrogen and oxygen atoms in total. The Morgan fingerprint density at radius 2 is 0.432 bits per heavy atom. The molecule has 0 atom stereocenters. The zero-order chi connectivity index (χ0) is 49.6. The molecule has 12 rings (SSSR count). The Kier molecular flexibility index (Phi) is 12.8. The van der Waals surface area contributed by atoms with Gasteiger partial charge < -0.3 is 0 Å². The van der Waals surface area contributed by atoms with Crippen molar-refractivity contribution in [2.45, 2.75) is 0 Å². The second-order valence-electron chi connectivity index (χ2n) is 18.8. The molecule has 0 spiro atoms. The van der Waals surface area contributed by atoms with Gasteiger partial charge in [-0.05, 0) is 69.8 Å². The average molecular weight is 977 g/mol. The van der Waals surface area contributed by atoms with Crippen LogP contribution in [0, 0.1) is 0 Å². The molecule has 0 aliphatic rings. The zero-order valence-corrected chi connectivity index (χ0v) is 42.9. The van der Waals surface area contributed by atoms with Crippen molar-refractivity contribution in [2.75, 3.05) is 0 Å². The number of hydrogen-bond donors (Lipinski definition) is 0. The summed E-state index contributed by atoms with van der Waals surface area (Å²) in [4.78, 5) is 10.9. The van der Waals surface area contributed by atoms with Crippen LogP contribution in [0.25, 0.3) is 56.2 Å². The Morgan fingerprint density at radius 3 is 0.770 bits per heavy atom. The molecular weight excluding hydrogens is 925 g/mol. The fourth-order valence-electron chi connectivity index (χ4n) is 11.1. The first-order valence-electron chi connectivity index (χ1n) is 25.4. The van der Waals surface area contributed by atoms with Crippen LogP contribution in [0.2, 0.25) is 0 Å². The molecular formula is C70H52N2Si2. The molecule has 0 bridgehead atoms. The molecule has 0 fully saturated rings. The first-order chi connectivity index (χ1) is 36.7. The van der Waals surface area contributed by atoms with E-state index in [1.807, 2.05) is 0 Å². The van der Waals surface area contributed by atoms with E-state index in [2.05, 4.69) is 315 Å². The summed E-state index contributed by atoms with van der Waals surface area (Å²) in [5.74, 6) is 0.686. The maximum Gasteiger partial charge on any atom is 0.179 e. The highest BCUT2D eigenvalue weighted by atomic mass is 28.3. The van der Waals surface area contributed by atoms with Crippen molar-refractivity contribution < 1.29 is 0 Å². The summed E-state index contributed by atoms with van der Waals surface area (Å²) in [5, 5.41) is 10.4. The Hall–Kier alpha value is -9.07. The van der Waals surface area contributed by atoms with Gasteiger partial charge >= 0.3 is 0 Å². The highest BCUT2D eigenvalue weighted by Gasteiger charge is 2.46. The summed E-state index contributed by atoms with van der Waals surface area (Å²) < 4.78 is 0. The van der Waals surface area contributed by atoms with Crippen LogP contribution in [0.3, 0.4) is 0 Å². The van der Waals surface area contributed by atoms with Gasteiger partial charge in [0.2, 0.25) is 0 Å². The molecule has 74 heavy (non-hydrogen) atoms. The normalized spacial score (nSPS) is 11.5. The van der Waals surface area contributed by atoms with E-state index in [0.717, 1.165) is 28.1 Å². The lowest BCUT2D eigenvalue weighted by molar-refractivity contribution is 1.18. The largest absolute Gasteiger partial charge is 0.228 e. The molecule has 0 amide bonds.